The normalized spacial score (nSPS) is 22.8. The fourth-order valence-electron chi connectivity index (χ4n) is 6.22. The summed E-state index contributed by atoms with van der Waals surface area (Å²) in [6.07, 6.45) is 2.46. The number of carbonyl (C=O) groups is 1. The molecule has 3 heterocycles. The first-order valence-electron chi connectivity index (χ1n) is 14.8. The van der Waals surface area contributed by atoms with Crippen LogP contribution in [0.4, 0.5) is 23.3 Å². The Balaban J connectivity index is 1.32. The molecule has 4 unspecified atom stereocenters. The highest BCUT2D eigenvalue weighted by atomic mass is 16.5. The zero-order valence-corrected chi connectivity index (χ0v) is 24.9. The van der Waals surface area contributed by atoms with Crippen LogP contribution in [0.1, 0.15) is 40.5 Å². The van der Waals surface area contributed by atoms with Crippen LogP contribution >= 0.6 is 0 Å². The topological polar surface area (TPSA) is 95.5 Å². The van der Waals surface area contributed by atoms with Crippen molar-refractivity contribution in [2.24, 2.45) is 23.7 Å². The number of anilines is 4. The third kappa shape index (κ3) is 7.45. The molecular formula is C32H43N7O2. The van der Waals surface area contributed by atoms with Crippen LogP contribution in [0, 0.1) is 23.7 Å². The van der Waals surface area contributed by atoms with Crippen molar-refractivity contribution in [1.82, 2.24) is 15.0 Å². The molecule has 0 radical (unpaired) electrons. The molecule has 2 aliphatic heterocycles. The molecule has 4 atom stereocenters. The van der Waals surface area contributed by atoms with E-state index in [0.29, 0.717) is 29.5 Å². The Morgan fingerprint density at radius 1 is 0.756 bits per heavy atom. The molecule has 1 aromatic heterocycles. The lowest BCUT2D eigenvalue weighted by Crippen LogP contribution is -2.42. The molecule has 1 amide bonds. The van der Waals surface area contributed by atoms with Gasteiger partial charge < -0.3 is 25.2 Å². The van der Waals surface area contributed by atoms with E-state index in [1.54, 1.807) is 7.11 Å². The van der Waals surface area contributed by atoms with E-state index < -0.39 is 0 Å². The molecule has 218 valence electrons. The summed E-state index contributed by atoms with van der Waals surface area (Å²) in [6, 6.07) is 15.2. The second kappa shape index (κ2) is 12.7. The van der Waals surface area contributed by atoms with Crippen molar-refractivity contribution in [3.63, 3.8) is 0 Å². The van der Waals surface area contributed by atoms with Gasteiger partial charge in [0.25, 0.3) is 0 Å². The van der Waals surface area contributed by atoms with Gasteiger partial charge in [0.1, 0.15) is 5.75 Å². The van der Waals surface area contributed by atoms with Crippen molar-refractivity contribution in [3.05, 3.63) is 48.5 Å². The minimum atomic E-state index is -0.124. The van der Waals surface area contributed by atoms with Crippen molar-refractivity contribution in [2.75, 3.05) is 60.3 Å². The van der Waals surface area contributed by atoms with Crippen LogP contribution in [-0.4, -0.2) is 60.7 Å². The van der Waals surface area contributed by atoms with E-state index in [0.717, 1.165) is 60.8 Å². The first-order valence-corrected chi connectivity index (χ1v) is 14.8. The number of methoxy groups -OCH3 is 1. The van der Waals surface area contributed by atoms with Gasteiger partial charge >= 0.3 is 0 Å². The summed E-state index contributed by atoms with van der Waals surface area (Å²) in [7, 11) is 1.62. The maximum atomic E-state index is 12.5. The average Bonchev–Trinajstić information content (AvgIpc) is 2.95. The molecule has 0 spiro atoms. The predicted molar refractivity (Wildman–Crippen MR) is 166 cm³/mol. The molecule has 2 N–H and O–H groups in total. The van der Waals surface area contributed by atoms with E-state index in [2.05, 4.69) is 48.1 Å². The first kappa shape index (κ1) is 28.6. The summed E-state index contributed by atoms with van der Waals surface area (Å²) in [6.45, 7) is 13.2. The van der Waals surface area contributed by atoms with Gasteiger partial charge in [-0.2, -0.15) is 15.0 Å². The molecule has 41 heavy (non-hydrogen) atoms. The van der Waals surface area contributed by atoms with Crippen LogP contribution in [0.5, 0.6) is 5.75 Å². The fraction of sp³-hybridized carbons (Fsp3) is 0.500. The third-order valence-electron chi connectivity index (χ3n) is 7.89. The number of hydrogen-bond acceptors (Lipinski definition) is 8. The van der Waals surface area contributed by atoms with E-state index in [4.69, 9.17) is 19.7 Å². The van der Waals surface area contributed by atoms with Crippen molar-refractivity contribution in [2.45, 2.75) is 40.5 Å². The SMILES string of the molecule is COc1ccc(NC(=O)CNc2ccc(-c3nc(N4CC(C)CC(C)C4)nc(N4CC(C)CC(C)C4)n3)cc2)cc1. The Hall–Kier alpha value is -3.88. The highest BCUT2D eigenvalue weighted by molar-refractivity contribution is 5.93. The molecule has 0 aliphatic carbocycles. The molecule has 2 fully saturated rings. The number of rotatable bonds is 8. The summed E-state index contributed by atoms with van der Waals surface area (Å²) in [5.41, 5.74) is 2.51. The zero-order valence-electron chi connectivity index (χ0n) is 24.9. The maximum Gasteiger partial charge on any atom is 0.243 e. The Bertz CT molecular complexity index is 1250. The van der Waals surface area contributed by atoms with Crippen molar-refractivity contribution in [1.29, 1.82) is 0 Å². The lowest BCUT2D eigenvalue weighted by atomic mass is 9.92. The van der Waals surface area contributed by atoms with Crippen LogP contribution in [0.3, 0.4) is 0 Å². The molecule has 2 saturated heterocycles. The van der Waals surface area contributed by atoms with Crippen LogP contribution in [0.25, 0.3) is 11.4 Å². The Morgan fingerprint density at radius 2 is 1.24 bits per heavy atom. The molecule has 3 aromatic rings. The molecule has 9 nitrogen and oxygen atoms in total. The van der Waals surface area contributed by atoms with Gasteiger partial charge in [0.2, 0.25) is 17.8 Å². The summed E-state index contributed by atoms with van der Waals surface area (Å²) in [5, 5.41) is 6.10. The van der Waals surface area contributed by atoms with Gasteiger partial charge in [0.15, 0.2) is 5.82 Å². The van der Waals surface area contributed by atoms with Crippen LogP contribution in [0.15, 0.2) is 48.5 Å². The smallest absolute Gasteiger partial charge is 0.243 e. The average molecular weight is 558 g/mol. The van der Waals surface area contributed by atoms with Crippen LogP contribution < -0.4 is 25.2 Å². The Labute approximate surface area is 243 Å². The van der Waals surface area contributed by atoms with E-state index in [1.165, 1.54) is 12.8 Å². The highest BCUT2D eigenvalue weighted by Crippen LogP contribution is 2.30. The van der Waals surface area contributed by atoms with Gasteiger partial charge in [-0.25, -0.2) is 0 Å². The number of piperidine rings is 2. The molecule has 5 rings (SSSR count). The zero-order chi connectivity index (χ0) is 28.9. The van der Waals surface area contributed by atoms with Gasteiger partial charge in [-0.3, -0.25) is 4.79 Å². The monoisotopic (exact) mass is 557 g/mol. The number of aromatic nitrogens is 3. The second-order valence-electron chi connectivity index (χ2n) is 12.2. The minimum Gasteiger partial charge on any atom is -0.497 e. The van der Waals surface area contributed by atoms with Gasteiger partial charge in [0.05, 0.1) is 13.7 Å². The molecule has 2 aliphatic rings. The molecule has 0 saturated carbocycles. The van der Waals surface area contributed by atoms with Gasteiger partial charge in [-0.1, -0.05) is 27.7 Å². The third-order valence-corrected chi connectivity index (χ3v) is 7.89. The van der Waals surface area contributed by atoms with Crippen molar-refractivity contribution in [3.8, 4) is 17.1 Å². The van der Waals surface area contributed by atoms with Gasteiger partial charge in [-0.15, -0.1) is 0 Å². The van der Waals surface area contributed by atoms with Crippen molar-refractivity contribution < 1.29 is 9.53 Å². The number of benzene rings is 2. The summed E-state index contributed by atoms with van der Waals surface area (Å²) in [4.78, 5) is 32.1. The molecule has 2 aromatic carbocycles. The summed E-state index contributed by atoms with van der Waals surface area (Å²) >= 11 is 0. The Morgan fingerprint density at radius 3 is 1.73 bits per heavy atom. The number of amides is 1. The van der Waals surface area contributed by atoms with Crippen LogP contribution in [-0.2, 0) is 4.79 Å². The fourth-order valence-corrected chi connectivity index (χ4v) is 6.22. The number of ether oxygens (including phenoxy) is 1. The predicted octanol–water partition coefficient (Wildman–Crippen LogP) is 5.56. The van der Waals surface area contributed by atoms with E-state index in [-0.39, 0.29) is 12.5 Å². The number of nitrogens with one attached hydrogen (secondary N) is 2. The molecular weight excluding hydrogens is 514 g/mol. The number of nitrogens with zero attached hydrogens (tertiary/aromatic N) is 5. The van der Waals surface area contributed by atoms with Gasteiger partial charge in [0, 0.05) is 43.1 Å². The van der Waals surface area contributed by atoms with Gasteiger partial charge in [-0.05, 0) is 85.0 Å². The molecule has 9 heteroatoms. The first-order chi connectivity index (χ1) is 19.7. The summed E-state index contributed by atoms with van der Waals surface area (Å²) in [5.74, 6) is 5.26. The Kier molecular flexibility index (Phi) is 8.90. The van der Waals surface area contributed by atoms with Crippen LogP contribution in [0.2, 0.25) is 0 Å². The van der Waals surface area contributed by atoms with E-state index in [9.17, 15) is 4.79 Å². The number of hydrogen-bond donors (Lipinski definition) is 2. The maximum absolute atomic E-state index is 12.5. The number of carbonyl (C=O) groups excluding carboxylic acids is 1. The quantitative estimate of drug-likeness (QED) is 0.372. The largest absolute Gasteiger partial charge is 0.497 e. The van der Waals surface area contributed by atoms with Crippen molar-refractivity contribution >= 4 is 29.2 Å². The highest BCUT2D eigenvalue weighted by Gasteiger charge is 2.28. The lowest BCUT2D eigenvalue weighted by molar-refractivity contribution is -0.114. The lowest BCUT2D eigenvalue weighted by Gasteiger charge is -2.37. The minimum absolute atomic E-state index is 0.124. The standard InChI is InChI=1S/C32H43N7O2/c1-21-14-22(2)18-38(17-21)31-35-30(36-32(37-31)39-19-23(3)15-24(4)20-39)25-6-8-26(9-7-25)33-16-29(40)34-27-10-12-28(41-5)13-11-27/h6-13,21-24,33H,14-20H2,1-5H3,(H,34,40). The second-order valence-corrected chi connectivity index (χ2v) is 12.2. The molecule has 0 bridgehead atoms. The van der Waals surface area contributed by atoms with E-state index in [1.807, 2.05) is 48.5 Å². The van der Waals surface area contributed by atoms with E-state index >= 15 is 0 Å². The summed E-state index contributed by atoms with van der Waals surface area (Å²) < 4.78 is 5.17.